The van der Waals surface area contributed by atoms with E-state index < -0.39 is 35.1 Å². The maximum atomic E-state index is 14.5. The molecule has 5 rings (SSSR count). The van der Waals surface area contributed by atoms with Gasteiger partial charge in [-0.05, 0) is 69.4 Å². The molecule has 0 saturated carbocycles. The smallest absolute Gasteiger partial charge is 0.250 e. The van der Waals surface area contributed by atoms with E-state index in [1.807, 2.05) is 68.4 Å². The molecule has 0 radical (unpaired) electrons. The molecule has 3 fully saturated rings. The van der Waals surface area contributed by atoms with Crippen LogP contribution >= 0.6 is 0 Å². The van der Waals surface area contributed by atoms with Gasteiger partial charge in [0.15, 0.2) is 0 Å². The summed E-state index contributed by atoms with van der Waals surface area (Å²) in [5.41, 5.74) is 0.406. The summed E-state index contributed by atoms with van der Waals surface area (Å²) < 4.78 is 6.84. The van der Waals surface area contributed by atoms with Crippen molar-refractivity contribution < 1.29 is 24.2 Å². The Labute approximate surface area is 248 Å². The highest BCUT2D eigenvalue weighted by molar-refractivity contribution is 6.04. The Kier molecular flexibility index (Phi) is 8.62. The number of hydrogen-bond acceptors (Lipinski definition) is 6. The minimum atomic E-state index is -1.17. The van der Waals surface area contributed by atoms with Crippen LogP contribution in [0, 0.1) is 11.8 Å². The number of aliphatic hydroxyl groups is 1. The van der Waals surface area contributed by atoms with E-state index in [0.717, 1.165) is 30.8 Å². The SMILES string of the molecule is CCCNC(=O)[C@H]1[C@H]2C(=O)N([C@H](CO)c3ccccc3)C(C(=O)Nc3ccc(N(CC)CC)cc3)C23CC[C@]1(CC)O3. The standard InChI is InChI=1S/C33H44N4O5/c1-5-20-34-29(39)26-27-31(41)37(25(21-38)22-12-10-9-11-13-22)28(33(27)19-18-32(26,6-2)42-33)30(40)35-23-14-16-24(17-15-23)36(7-3)8-4/h9-17,25-28,38H,5-8,18-21H2,1-4H3,(H,34,39)(H,35,40)/t25-,26-,27+,28?,32+,33?/m1/s1. The molecule has 226 valence electrons. The third kappa shape index (κ3) is 4.76. The zero-order valence-corrected chi connectivity index (χ0v) is 25.1. The van der Waals surface area contributed by atoms with E-state index in [-0.39, 0.29) is 24.3 Å². The van der Waals surface area contributed by atoms with E-state index in [2.05, 4.69) is 29.4 Å². The molecule has 3 heterocycles. The molecule has 0 aliphatic carbocycles. The molecule has 2 aromatic carbocycles. The van der Waals surface area contributed by atoms with Gasteiger partial charge >= 0.3 is 0 Å². The van der Waals surface area contributed by atoms with Crippen molar-refractivity contribution in [1.29, 1.82) is 0 Å². The van der Waals surface area contributed by atoms with Crippen LogP contribution in [0.1, 0.15) is 65.0 Å². The minimum Gasteiger partial charge on any atom is -0.394 e. The molecule has 2 bridgehead atoms. The second-order valence-corrected chi connectivity index (χ2v) is 11.7. The van der Waals surface area contributed by atoms with Gasteiger partial charge < -0.3 is 30.3 Å². The molecular formula is C33H44N4O5. The van der Waals surface area contributed by atoms with E-state index in [1.165, 1.54) is 4.90 Å². The number of amides is 3. The van der Waals surface area contributed by atoms with Gasteiger partial charge in [0.05, 0.1) is 30.1 Å². The van der Waals surface area contributed by atoms with Crippen molar-refractivity contribution in [2.24, 2.45) is 11.8 Å². The van der Waals surface area contributed by atoms with Crippen LogP contribution in [0.25, 0.3) is 0 Å². The van der Waals surface area contributed by atoms with Gasteiger partial charge in [0.2, 0.25) is 17.7 Å². The van der Waals surface area contributed by atoms with Gasteiger partial charge in [-0.3, -0.25) is 14.4 Å². The average Bonchev–Trinajstić information content (AvgIpc) is 3.62. The molecule has 42 heavy (non-hydrogen) atoms. The molecule has 3 aliphatic heterocycles. The van der Waals surface area contributed by atoms with Gasteiger partial charge in [-0.25, -0.2) is 0 Å². The molecule has 2 unspecified atom stereocenters. The normalized spacial score (nSPS) is 28.5. The number of ether oxygens (including phenoxy) is 1. The highest BCUT2D eigenvalue weighted by atomic mass is 16.5. The van der Waals surface area contributed by atoms with Crippen molar-refractivity contribution in [2.45, 2.75) is 76.7 Å². The number of likely N-dealkylation sites (tertiary alicyclic amines) is 1. The molecule has 6 atom stereocenters. The zero-order valence-electron chi connectivity index (χ0n) is 25.1. The maximum absolute atomic E-state index is 14.5. The second-order valence-electron chi connectivity index (χ2n) is 11.7. The van der Waals surface area contributed by atoms with Crippen LogP contribution in [0.15, 0.2) is 54.6 Å². The number of hydrogen-bond donors (Lipinski definition) is 3. The molecular weight excluding hydrogens is 532 g/mol. The first kappa shape index (κ1) is 30.0. The number of fused-ring (bicyclic) bond motifs is 1. The van der Waals surface area contributed by atoms with Gasteiger partial charge in [-0.1, -0.05) is 44.2 Å². The summed E-state index contributed by atoms with van der Waals surface area (Å²) in [4.78, 5) is 46.2. The Morgan fingerprint density at radius 2 is 1.71 bits per heavy atom. The molecule has 3 aliphatic rings. The first-order chi connectivity index (χ1) is 20.3. The summed E-state index contributed by atoms with van der Waals surface area (Å²) in [5, 5.41) is 16.7. The third-order valence-electron chi connectivity index (χ3n) is 9.66. The lowest BCUT2D eigenvalue weighted by atomic mass is 9.65. The summed E-state index contributed by atoms with van der Waals surface area (Å²) in [7, 11) is 0. The largest absolute Gasteiger partial charge is 0.394 e. The fourth-order valence-electron chi connectivity index (χ4n) is 7.63. The fourth-order valence-corrected chi connectivity index (χ4v) is 7.63. The molecule has 3 N–H and O–H groups in total. The second kappa shape index (κ2) is 12.1. The summed E-state index contributed by atoms with van der Waals surface area (Å²) in [6.07, 6.45) is 2.40. The third-order valence-corrected chi connectivity index (χ3v) is 9.66. The molecule has 9 heteroatoms. The van der Waals surface area contributed by atoms with Gasteiger partial charge in [0.25, 0.3) is 0 Å². The monoisotopic (exact) mass is 576 g/mol. The number of rotatable bonds is 12. The highest BCUT2D eigenvalue weighted by Gasteiger charge is 2.79. The van der Waals surface area contributed by atoms with Crippen molar-refractivity contribution in [3.8, 4) is 0 Å². The Morgan fingerprint density at radius 3 is 2.31 bits per heavy atom. The van der Waals surface area contributed by atoms with Crippen LogP contribution in [0.3, 0.4) is 0 Å². The number of carbonyl (C=O) groups is 3. The van der Waals surface area contributed by atoms with E-state index in [0.29, 0.717) is 31.5 Å². The van der Waals surface area contributed by atoms with Gasteiger partial charge in [-0.2, -0.15) is 0 Å². The van der Waals surface area contributed by atoms with Crippen molar-refractivity contribution in [1.82, 2.24) is 10.2 Å². The van der Waals surface area contributed by atoms with Crippen LogP contribution in [0.2, 0.25) is 0 Å². The van der Waals surface area contributed by atoms with Crippen molar-refractivity contribution in [3.05, 3.63) is 60.2 Å². The van der Waals surface area contributed by atoms with Crippen molar-refractivity contribution in [2.75, 3.05) is 36.5 Å². The molecule has 3 saturated heterocycles. The lowest BCUT2D eigenvalue weighted by molar-refractivity contribution is -0.149. The van der Waals surface area contributed by atoms with E-state index in [4.69, 9.17) is 4.74 Å². The Balaban J connectivity index is 1.55. The molecule has 0 aromatic heterocycles. The first-order valence-corrected chi connectivity index (χ1v) is 15.4. The summed E-state index contributed by atoms with van der Waals surface area (Å²) >= 11 is 0. The van der Waals surface area contributed by atoms with E-state index in [9.17, 15) is 19.5 Å². The lowest BCUT2D eigenvalue weighted by Crippen LogP contribution is -2.54. The predicted octanol–water partition coefficient (Wildman–Crippen LogP) is 3.89. The summed E-state index contributed by atoms with van der Waals surface area (Å²) in [6.45, 7) is 10.0. The number of carbonyl (C=O) groups excluding carboxylic acids is 3. The fraction of sp³-hybridized carbons (Fsp3) is 0.545. The van der Waals surface area contributed by atoms with E-state index in [1.54, 1.807) is 0 Å². The number of anilines is 2. The van der Waals surface area contributed by atoms with Crippen molar-refractivity contribution in [3.63, 3.8) is 0 Å². The summed E-state index contributed by atoms with van der Waals surface area (Å²) in [5.74, 6) is -2.42. The number of nitrogens with zero attached hydrogens (tertiary/aromatic N) is 2. The number of aliphatic hydroxyl groups excluding tert-OH is 1. The summed E-state index contributed by atoms with van der Waals surface area (Å²) in [6, 6.07) is 15.1. The molecule has 2 aromatic rings. The van der Waals surface area contributed by atoms with Gasteiger partial charge in [0.1, 0.15) is 11.6 Å². The zero-order chi connectivity index (χ0) is 30.1. The van der Waals surface area contributed by atoms with Crippen LogP contribution in [0.5, 0.6) is 0 Å². The molecule has 9 nitrogen and oxygen atoms in total. The Hall–Kier alpha value is -3.43. The Morgan fingerprint density at radius 1 is 1.02 bits per heavy atom. The van der Waals surface area contributed by atoms with Crippen LogP contribution in [-0.4, -0.2) is 71.2 Å². The van der Waals surface area contributed by atoms with Crippen LogP contribution in [-0.2, 0) is 19.1 Å². The van der Waals surface area contributed by atoms with Crippen LogP contribution < -0.4 is 15.5 Å². The molecule has 1 spiro atoms. The predicted molar refractivity (Wildman–Crippen MR) is 162 cm³/mol. The van der Waals surface area contributed by atoms with Gasteiger partial charge in [0, 0.05) is 31.0 Å². The topological polar surface area (TPSA) is 111 Å². The van der Waals surface area contributed by atoms with Crippen molar-refractivity contribution >= 4 is 29.1 Å². The van der Waals surface area contributed by atoms with E-state index >= 15 is 0 Å². The highest BCUT2D eigenvalue weighted by Crippen LogP contribution is 2.65. The Bertz CT molecular complexity index is 1280. The number of nitrogens with one attached hydrogen (secondary N) is 2. The first-order valence-electron chi connectivity index (χ1n) is 15.4. The maximum Gasteiger partial charge on any atom is 0.250 e. The average molecular weight is 577 g/mol. The minimum absolute atomic E-state index is 0.202. The lowest BCUT2D eigenvalue weighted by Gasteiger charge is -2.37. The molecule has 3 amide bonds. The van der Waals surface area contributed by atoms with Crippen LogP contribution in [0.4, 0.5) is 11.4 Å². The number of benzene rings is 2. The van der Waals surface area contributed by atoms with Gasteiger partial charge in [-0.15, -0.1) is 0 Å². The quantitative estimate of drug-likeness (QED) is 0.354.